The Kier molecular flexibility index (Phi) is 4.62. The number of halogens is 1. The third-order valence-corrected chi connectivity index (χ3v) is 2.20. The maximum absolute atomic E-state index is 10.6. The summed E-state index contributed by atoms with van der Waals surface area (Å²) in [5.41, 5.74) is 0. The number of carbonyl (C=O) groups excluding carboxylic acids is 1. The molecule has 4 heteroatoms. The van der Waals surface area contributed by atoms with E-state index in [1.54, 1.807) is 0 Å². The van der Waals surface area contributed by atoms with E-state index >= 15 is 0 Å². The predicted octanol–water partition coefficient (Wildman–Crippen LogP) is 2.78. The lowest BCUT2D eigenvalue weighted by Crippen LogP contribution is -2.20. The van der Waals surface area contributed by atoms with Crippen LogP contribution >= 0.6 is 15.9 Å². The number of esters is 1. The second kappa shape index (κ2) is 5.75. The first kappa shape index (κ1) is 12.0. The summed E-state index contributed by atoms with van der Waals surface area (Å²) in [6.07, 6.45) is -0.143. The quantitative estimate of drug-likeness (QED) is 0.791. The number of ether oxygens (including phenoxy) is 2. The molecule has 82 valence electrons. The molecule has 0 fully saturated rings. The third kappa shape index (κ3) is 4.83. The summed E-state index contributed by atoms with van der Waals surface area (Å²) in [6.45, 7) is 3.50. The zero-order valence-corrected chi connectivity index (χ0v) is 10.3. The minimum absolute atomic E-state index is 0.143. The highest BCUT2D eigenvalue weighted by Gasteiger charge is 2.05. The topological polar surface area (TPSA) is 35.5 Å². The SMILES string of the molecule is CC(=O)OC[C@H](C)Oc1ccc(Br)cc1. The molecule has 0 heterocycles. The van der Waals surface area contributed by atoms with Gasteiger partial charge in [-0.25, -0.2) is 0 Å². The van der Waals surface area contributed by atoms with Gasteiger partial charge in [0, 0.05) is 11.4 Å². The van der Waals surface area contributed by atoms with Gasteiger partial charge < -0.3 is 9.47 Å². The van der Waals surface area contributed by atoms with Crippen molar-refractivity contribution in [1.29, 1.82) is 0 Å². The summed E-state index contributed by atoms with van der Waals surface area (Å²) in [6, 6.07) is 7.50. The van der Waals surface area contributed by atoms with Gasteiger partial charge in [0.2, 0.25) is 0 Å². The molecule has 15 heavy (non-hydrogen) atoms. The van der Waals surface area contributed by atoms with Crippen LogP contribution in [-0.2, 0) is 9.53 Å². The predicted molar refractivity (Wildman–Crippen MR) is 60.9 cm³/mol. The molecule has 0 radical (unpaired) electrons. The summed E-state index contributed by atoms with van der Waals surface area (Å²) in [4.78, 5) is 10.6. The van der Waals surface area contributed by atoms with E-state index in [0.717, 1.165) is 10.2 Å². The first-order valence-electron chi connectivity index (χ1n) is 4.63. The average Bonchev–Trinajstić information content (AvgIpc) is 2.19. The van der Waals surface area contributed by atoms with Crippen LogP contribution in [0.3, 0.4) is 0 Å². The first-order valence-corrected chi connectivity index (χ1v) is 5.43. The second-order valence-corrected chi connectivity index (χ2v) is 4.10. The molecule has 0 saturated heterocycles. The molecule has 0 spiro atoms. The number of benzene rings is 1. The minimum atomic E-state index is -0.291. The fourth-order valence-corrected chi connectivity index (χ4v) is 1.28. The molecule has 1 aromatic carbocycles. The molecule has 0 N–H and O–H groups in total. The van der Waals surface area contributed by atoms with Gasteiger partial charge in [0.1, 0.15) is 18.5 Å². The van der Waals surface area contributed by atoms with Gasteiger partial charge in [-0.1, -0.05) is 15.9 Å². The fourth-order valence-electron chi connectivity index (χ4n) is 1.01. The molecule has 1 rings (SSSR count). The number of hydrogen-bond donors (Lipinski definition) is 0. The van der Waals surface area contributed by atoms with E-state index in [4.69, 9.17) is 9.47 Å². The molecule has 0 bridgehead atoms. The lowest BCUT2D eigenvalue weighted by molar-refractivity contribution is -0.143. The van der Waals surface area contributed by atoms with Crippen molar-refractivity contribution in [2.75, 3.05) is 6.61 Å². The van der Waals surface area contributed by atoms with Crippen LogP contribution in [0.5, 0.6) is 5.75 Å². The van der Waals surface area contributed by atoms with Crippen LogP contribution in [0.2, 0.25) is 0 Å². The molecule has 3 nitrogen and oxygen atoms in total. The van der Waals surface area contributed by atoms with Crippen LogP contribution in [0.25, 0.3) is 0 Å². The molecule has 1 atom stereocenters. The molecule has 0 aliphatic carbocycles. The van der Waals surface area contributed by atoms with Crippen LogP contribution < -0.4 is 4.74 Å². The molecule has 0 amide bonds. The lowest BCUT2D eigenvalue weighted by atomic mass is 10.3. The number of carbonyl (C=O) groups is 1. The Balaban J connectivity index is 2.40. The highest BCUT2D eigenvalue weighted by molar-refractivity contribution is 9.10. The highest BCUT2D eigenvalue weighted by atomic mass is 79.9. The smallest absolute Gasteiger partial charge is 0.302 e. The van der Waals surface area contributed by atoms with Gasteiger partial charge in [-0.2, -0.15) is 0 Å². The second-order valence-electron chi connectivity index (χ2n) is 3.18. The molecule has 0 aliphatic heterocycles. The van der Waals surface area contributed by atoms with Gasteiger partial charge in [0.05, 0.1) is 0 Å². The number of rotatable bonds is 4. The summed E-state index contributed by atoms with van der Waals surface area (Å²) < 4.78 is 11.4. The van der Waals surface area contributed by atoms with Crippen LogP contribution in [0, 0.1) is 0 Å². The Hall–Kier alpha value is -1.03. The summed E-state index contributed by atoms with van der Waals surface area (Å²) >= 11 is 3.34. The molecule has 0 unspecified atom stereocenters. The Morgan fingerprint density at radius 2 is 2.00 bits per heavy atom. The van der Waals surface area contributed by atoms with Crippen molar-refractivity contribution >= 4 is 21.9 Å². The maximum Gasteiger partial charge on any atom is 0.302 e. The van der Waals surface area contributed by atoms with Crippen molar-refractivity contribution in [1.82, 2.24) is 0 Å². The normalized spacial score (nSPS) is 11.9. The van der Waals surface area contributed by atoms with E-state index in [1.807, 2.05) is 31.2 Å². The molecular weight excluding hydrogens is 260 g/mol. The number of hydrogen-bond acceptors (Lipinski definition) is 3. The standard InChI is InChI=1S/C11H13BrO3/c1-8(7-14-9(2)13)15-11-5-3-10(12)4-6-11/h3-6,8H,7H2,1-2H3/t8-/m0/s1. The summed E-state index contributed by atoms with van der Waals surface area (Å²) in [7, 11) is 0. The minimum Gasteiger partial charge on any atom is -0.487 e. The van der Waals surface area contributed by atoms with Crippen molar-refractivity contribution < 1.29 is 14.3 Å². The Morgan fingerprint density at radius 3 is 2.53 bits per heavy atom. The van der Waals surface area contributed by atoms with Crippen molar-refractivity contribution in [2.45, 2.75) is 20.0 Å². The zero-order chi connectivity index (χ0) is 11.3. The first-order chi connectivity index (χ1) is 7.08. The lowest BCUT2D eigenvalue weighted by Gasteiger charge is -2.14. The van der Waals surface area contributed by atoms with Crippen LogP contribution in [-0.4, -0.2) is 18.7 Å². The molecule has 0 aliphatic rings. The molecule has 0 aromatic heterocycles. The van der Waals surface area contributed by atoms with Gasteiger partial charge in [-0.05, 0) is 31.2 Å². The molecule has 0 saturated carbocycles. The Bertz CT molecular complexity index is 321. The van der Waals surface area contributed by atoms with E-state index < -0.39 is 0 Å². The highest BCUT2D eigenvalue weighted by Crippen LogP contribution is 2.17. The van der Waals surface area contributed by atoms with Gasteiger partial charge in [0.15, 0.2) is 0 Å². The van der Waals surface area contributed by atoms with E-state index in [-0.39, 0.29) is 18.7 Å². The van der Waals surface area contributed by atoms with E-state index in [1.165, 1.54) is 6.92 Å². The average molecular weight is 273 g/mol. The van der Waals surface area contributed by atoms with Gasteiger partial charge in [-0.15, -0.1) is 0 Å². The summed E-state index contributed by atoms with van der Waals surface area (Å²) in [5.74, 6) is 0.471. The van der Waals surface area contributed by atoms with Gasteiger partial charge in [-0.3, -0.25) is 4.79 Å². The van der Waals surface area contributed by atoms with Gasteiger partial charge >= 0.3 is 5.97 Å². The van der Waals surface area contributed by atoms with E-state index in [2.05, 4.69) is 15.9 Å². The van der Waals surface area contributed by atoms with Crippen molar-refractivity contribution in [3.05, 3.63) is 28.7 Å². The zero-order valence-electron chi connectivity index (χ0n) is 8.70. The molecular formula is C11H13BrO3. The third-order valence-electron chi connectivity index (χ3n) is 1.67. The Labute approximate surface area is 97.5 Å². The fraction of sp³-hybridized carbons (Fsp3) is 0.364. The van der Waals surface area contributed by atoms with Crippen LogP contribution in [0.15, 0.2) is 28.7 Å². The van der Waals surface area contributed by atoms with Crippen molar-refractivity contribution in [2.24, 2.45) is 0 Å². The largest absolute Gasteiger partial charge is 0.487 e. The Morgan fingerprint density at radius 1 is 1.40 bits per heavy atom. The monoisotopic (exact) mass is 272 g/mol. The van der Waals surface area contributed by atoms with Crippen molar-refractivity contribution in [3.8, 4) is 5.75 Å². The van der Waals surface area contributed by atoms with E-state index in [9.17, 15) is 4.79 Å². The van der Waals surface area contributed by atoms with Crippen LogP contribution in [0.4, 0.5) is 0 Å². The molecule has 1 aromatic rings. The van der Waals surface area contributed by atoms with Crippen LogP contribution in [0.1, 0.15) is 13.8 Å². The summed E-state index contributed by atoms with van der Waals surface area (Å²) in [5, 5.41) is 0. The van der Waals surface area contributed by atoms with Crippen molar-refractivity contribution in [3.63, 3.8) is 0 Å². The maximum atomic E-state index is 10.6. The van der Waals surface area contributed by atoms with Gasteiger partial charge in [0.25, 0.3) is 0 Å². The van der Waals surface area contributed by atoms with E-state index in [0.29, 0.717) is 0 Å².